The molecule has 1 aliphatic carbocycles. The number of hydrogen-bond donors (Lipinski definition) is 0. The van der Waals surface area contributed by atoms with Crippen molar-refractivity contribution in [2.75, 3.05) is 0 Å². The molecule has 0 unspecified atom stereocenters. The van der Waals surface area contributed by atoms with Crippen molar-refractivity contribution in [1.82, 2.24) is 0 Å². The second kappa shape index (κ2) is 6.48. The SMILES string of the molecule is CC(C)(C)c1ccc(S(=O)(=O)[N-]c2ccc3oc4c(c3c2)C(=O)CCC4)cc1. The predicted octanol–water partition coefficient (Wildman–Crippen LogP) is 5.64. The molecule has 0 bridgehead atoms. The van der Waals surface area contributed by atoms with E-state index in [2.05, 4.69) is 25.5 Å². The summed E-state index contributed by atoms with van der Waals surface area (Å²) in [6.45, 7) is 6.22. The van der Waals surface area contributed by atoms with Crippen molar-refractivity contribution < 1.29 is 17.6 Å². The molecule has 2 aromatic carbocycles. The lowest BCUT2D eigenvalue weighted by atomic mass is 9.87. The first-order valence-corrected chi connectivity index (χ1v) is 10.8. The maximum atomic E-state index is 12.7. The Bertz CT molecular complexity index is 1170. The van der Waals surface area contributed by atoms with Gasteiger partial charge < -0.3 is 9.14 Å². The quantitative estimate of drug-likeness (QED) is 0.573. The van der Waals surface area contributed by atoms with Crippen LogP contribution in [0, 0.1) is 0 Å². The maximum absolute atomic E-state index is 12.7. The molecular formula is C22H22NO4S-. The van der Waals surface area contributed by atoms with Crippen molar-refractivity contribution in [3.63, 3.8) is 0 Å². The van der Waals surface area contributed by atoms with Crippen LogP contribution in [0.1, 0.15) is 55.3 Å². The van der Waals surface area contributed by atoms with Crippen LogP contribution < -0.4 is 0 Å². The third-order valence-electron chi connectivity index (χ3n) is 5.07. The van der Waals surface area contributed by atoms with Crippen LogP contribution in [-0.2, 0) is 21.9 Å². The lowest BCUT2D eigenvalue weighted by Gasteiger charge is -2.23. The molecule has 6 heteroatoms. The number of furan rings is 1. The highest BCUT2D eigenvalue weighted by molar-refractivity contribution is 7.94. The van der Waals surface area contributed by atoms with Gasteiger partial charge in [-0.05, 0) is 35.6 Å². The highest BCUT2D eigenvalue weighted by atomic mass is 32.2. The number of fused-ring (bicyclic) bond motifs is 3. The number of benzene rings is 2. The average Bonchev–Trinajstić information content (AvgIpc) is 3.00. The minimum absolute atomic E-state index is 0.0396. The van der Waals surface area contributed by atoms with Crippen LogP contribution in [0.2, 0.25) is 0 Å². The van der Waals surface area contributed by atoms with Crippen LogP contribution in [0.3, 0.4) is 0 Å². The van der Waals surface area contributed by atoms with Gasteiger partial charge in [-0.3, -0.25) is 4.79 Å². The maximum Gasteiger partial charge on any atom is 0.167 e. The number of nitrogens with zero attached hydrogens (tertiary/aromatic N) is 1. The average molecular weight is 396 g/mol. The molecule has 28 heavy (non-hydrogen) atoms. The summed E-state index contributed by atoms with van der Waals surface area (Å²) in [5.74, 6) is 0.724. The van der Waals surface area contributed by atoms with Crippen LogP contribution in [0.15, 0.2) is 51.8 Å². The van der Waals surface area contributed by atoms with Gasteiger partial charge in [0.05, 0.1) is 10.5 Å². The van der Waals surface area contributed by atoms with Gasteiger partial charge in [-0.25, -0.2) is 8.42 Å². The van der Waals surface area contributed by atoms with E-state index >= 15 is 0 Å². The fraction of sp³-hybridized carbons (Fsp3) is 0.318. The third-order valence-corrected chi connectivity index (χ3v) is 6.39. The summed E-state index contributed by atoms with van der Waals surface area (Å²) >= 11 is 0. The highest BCUT2D eigenvalue weighted by Gasteiger charge is 2.24. The minimum Gasteiger partial charge on any atom is -0.573 e. The normalized spacial score (nSPS) is 14.9. The van der Waals surface area contributed by atoms with Gasteiger partial charge in [-0.1, -0.05) is 45.0 Å². The van der Waals surface area contributed by atoms with E-state index in [9.17, 15) is 13.2 Å². The van der Waals surface area contributed by atoms with Crippen LogP contribution in [-0.4, -0.2) is 14.2 Å². The second-order valence-electron chi connectivity index (χ2n) is 8.20. The fourth-order valence-corrected chi connectivity index (χ4v) is 4.50. The van der Waals surface area contributed by atoms with E-state index in [1.165, 1.54) is 0 Å². The zero-order valence-corrected chi connectivity index (χ0v) is 17.0. The highest BCUT2D eigenvalue weighted by Crippen LogP contribution is 2.37. The number of carbonyl (C=O) groups excluding carboxylic acids is 1. The molecule has 0 N–H and O–H groups in total. The first kappa shape index (κ1) is 18.7. The van der Waals surface area contributed by atoms with E-state index < -0.39 is 10.0 Å². The zero-order chi connectivity index (χ0) is 20.1. The number of rotatable bonds is 3. The van der Waals surface area contributed by atoms with E-state index in [0.717, 1.165) is 18.4 Å². The summed E-state index contributed by atoms with van der Waals surface area (Å²) < 4.78 is 35.2. The smallest absolute Gasteiger partial charge is 0.167 e. The number of hydrogen-bond acceptors (Lipinski definition) is 4. The monoisotopic (exact) mass is 396 g/mol. The molecule has 5 nitrogen and oxygen atoms in total. The zero-order valence-electron chi connectivity index (χ0n) is 16.2. The van der Waals surface area contributed by atoms with Crippen molar-refractivity contribution >= 4 is 32.5 Å². The Morgan fingerprint density at radius 1 is 1.00 bits per heavy atom. The Balaban J connectivity index is 1.67. The molecule has 4 rings (SSSR count). The molecule has 0 aliphatic heterocycles. The summed E-state index contributed by atoms with van der Waals surface area (Å²) in [7, 11) is -3.85. The molecule has 1 heterocycles. The fourth-order valence-electron chi connectivity index (χ4n) is 3.53. The summed E-state index contributed by atoms with van der Waals surface area (Å²) in [5, 5.41) is 0.638. The van der Waals surface area contributed by atoms with Gasteiger partial charge in [0.15, 0.2) is 5.78 Å². The molecule has 0 saturated heterocycles. The molecule has 0 amide bonds. The summed E-state index contributed by atoms with van der Waals surface area (Å²) in [5.41, 5.74) is 2.44. The minimum atomic E-state index is -3.85. The molecule has 0 radical (unpaired) electrons. The number of Topliss-reactive ketones (excluding diaryl/α,β-unsaturated/α-hetero) is 1. The molecule has 0 atom stereocenters. The van der Waals surface area contributed by atoms with E-state index in [1.54, 1.807) is 30.3 Å². The molecule has 1 aromatic heterocycles. The van der Waals surface area contributed by atoms with Crippen molar-refractivity contribution in [3.8, 4) is 0 Å². The van der Waals surface area contributed by atoms with Crippen LogP contribution in [0.25, 0.3) is 15.7 Å². The van der Waals surface area contributed by atoms with Crippen LogP contribution >= 0.6 is 0 Å². The number of sulfonamides is 1. The van der Waals surface area contributed by atoms with E-state index in [4.69, 9.17) is 4.42 Å². The van der Waals surface area contributed by atoms with E-state index in [1.807, 2.05) is 12.1 Å². The van der Waals surface area contributed by atoms with E-state index in [0.29, 0.717) is 28.7 Å². The topological polar surface area (TPSA) is 78.5 Å². The van der Waals surface area contributed by atoms with E-state index in [-0.39, 0.29) is 21.8 Å². The van der Waals surface area contributed by atoms with Gasteiger partial charge in [0.25, 0.3) is 0 Å². The predicted molar refractivity (Wildman–Crippen MR) is 109 cm³/mol. The van der Waals surface area contributed by atoms with Gasteiger partial charge in [-0.15, -0.1) is 5.69 Å². The van der Waals surface area contributed by atoms with Crippen molar-refractivity contribution in [2.45, 2.75) is 50.3 Å². The molecule has 0 saturated carbocycles. The lowest BCUT2D eigenvalue weighted by Crippen LogP contribution is -2.11. The Morgan fingerprint density at radius 3 is 2.39 bits per heavy atom. The Morgan fingerprint density at radius 2 is 1.71 bits per heavy atom. The number of carbonyl (C=O) groups is 1. The molecule has 146 valence electrons. The number of ketones is 1. The van der Waals surface area contributed by atoms with Crippen molar-refractivity contribution in [3.05, 3.63) is 64.1 Å². The Kier molecular flexibility index (Phi) is 4.34. The standard InChI is InChI=1S/C22H22NO4S/c1-22(2,3)14-7-10-16(11-8-14)28(25,26)23-15-9-12-19-17(13-15)21-18(24)5-4-6-20(21)27-19/h7-13H,4-6H2,1-3H3/q-1. The largest absolute Gasteiger partial charge is 0.573 e. The van der Waals surface area contributed by atoms with Gasteiger partial charge in [0.2, 0.25) is 0 Å². The molecule has 1 aliphatic rings. The first-order chi connectivity index (χ1) is 13.1. The molecular weight excluding hydrogens is 374 g/mol. The summed E-state index contributed by atoms with van der Waals surface area (Å²) in [4.78, 5) is 12.4. The van der Waals surface area contributed by atoms with Gasteiger partial charge >= 0.3 is 0 Å². The number of aryl methyl sites for hydroxylation is 1. The Hall–Kier alpha value is -2.60. The third kappa shape index (κ3) is 3.33. The van der Waals surface area contributed by atoms with Crippen molar-refractivity contribution in [1.29, 1.82) is 0 Å². The van der Waals surface area contributed by atoms with Crippen molar-refractivity contribution in [2.24, 2.45) is 0 Å². The summed E-state index contributed by atoms with van der Waals surface area (Å²) in [6, 6.07) is 11.7. The second-order valence-corrected chi connectivity index (χ2v) is 9.80. The van der Waals surface area contributed by atoms with Crippen LogP contribution in [0.5, 0.6) is 0 Å². The van der Waals surface area contributed by atoms with Gasteiger partial charge in [-0.2, -0.15) is 0 Å². The molecule has 0 fully saturated rings. The van der Waals surface area contributed by atoms with Gasteiger partial charge in [0.1, 0.15) is 21.4 Å². The lowest BCUT2D eigenvalue weighted by molar-refractivity contribution is 0.0971. The molecule has 0 spiro atoms. The molecule has 3 aromatic rings. The van der Waals surface area contributed by atoms with Gasteiger partial charge in [0, 0.05) is 18.2 Å². The summed E-state index contributed by atoms with van der Waals surface area (Å²) in [6.07, 6.45) is 1.99. The first-order valence-electron chi connectivity index (χ1n) is 9.32. The van der Waals surface area contributed by atoms with Crippen LogP contribution in [0.4, 0.5) is 5.69 Å². The Labute approximate surface area is 164 Å².